The van der Waals surface area contributed by atoms with Crippen molar-refractivity contribution in [1.29, 1.82) is 0 Å². The molecule has 16 heavy (non-hydrogen) atoms. The molecule has 5 nitrogen and oxygen atoms in total. The lowest BCUT2D eigenvalue weighted by Crippen LogP contribution is -1.95. The Bertz CT molecular complexity index is 502. The van der Waals surface area contributed by atoms with Crippen molar-refractivity contribution < 1.29 is 0 Å². The number of hydrogen-bond donors (Lipinski definition) is 1. The number of nitrogen functional groups attached to an aromatic ring is 1. The highest BCUT2D eigenvalue weighted by molar-refractivity contribution is 9.10. The molecule has 0 aromatic carbocycles. The first-order valence-corrected chi connectivity index (χ1v) is 6.00. The number of hydrogen-bond acceptors (Lipinski definition) is 6. The number of halogens is 1. The van der Waals surface area contributed by atoms with E-state index in [2.05, 4.69) is 35.9 Å². The zero-order valence-electron chi connectivity index (χ0n) is 8.38. The Morgan fingerprint density at radius 1 is 1.19 bits per heavy atom. The van der Waals surface area contributed by atoms with E-state index in [-0.39, 0.29) is 0 Å². The molecule has 0 radical (unpaired) electrons. The third-order valence-electron chi connectivity index (χ3n) is 1.73. The van der Waals surface area contributed by atoms with Crippen LogP contribution in [0.15, 0.2) is 33.4 Å². The van der Waals surface area contributed by atoms with E-state index in [0.29, 0.717) is 20.5 Å². The van der Waals surface area contributed by atoms with E-state index in [0.717, 1.165) is 5.56 Å². The van der Waals surface area contributed by atoms with Gasteiger partial charge in [0.05, 0.1) is 4.47 Å². The maximum Gasteiger partial charge on any atom is 0.193 e. The maximum absolute atomic E-state index is 5.65. The van der Waals surface area contributed by atoms with E-state index < -0.39 is 0 Å². The fourth-order valence-corrected chi connectivity index (χ4v) is 2.08. The second-order valence-corrected chi connectivity index (χ2v) is 4.77. The fourth-order valence-electron chi connectivity index (χ4n) is 0.957. The molecular weight excluding hydrogens is 290 g/mol. The van der Waals surface area contributed by atoms with E-state index in [9.17, 15) is 0 Å². The van der Waals surface area contributed by atoms with Crippen LogP contribution >= 0.6 is 27.7 Å². The standard InChI is InChI=1S/C9H8BrN5S/c1-5-2-12-9(13-3-5)16-8-6(10)7(11)14-4-15-8/h2-4H,1H3,(H2,11,14,15). The van der Waals surface area contributed by atoms with Crippen LogP contribution < -0.4 is 5.73 Å². The lowest BCUT2D eigenvalue weighted by atomic mass is 10.4. The van der Waals surface area contributed by atoms with Crippen molar-refractivity contribution in [2.45, 2.75) is 17.1 Å². The zero-order chi connectivity index (χ0) is 11.5. The molecule has 0 aliphatic carbocycles. The van der Waals surface area contributed by atoms with Gasteiger partial charge in [-0.15, -0.1) is 0 Å². The molecule has 2 heterocycles. The number of aryl methyl sites for hydroxylation is 1. The minimum Gasteiger partial charge on any atom is -0.383 e. The Balaban J connectivity index is 2.27. The summed E-state index contributed by atoms with van der Waals surface area (Å²) in [5.41, 5.74) is 6.67. The monoisotopic (exact) mass is 297 g/mol. The molecule has 0 spiro atoms. The molecule has 2 rings (SSSR count). The first-order chi connectivity index (χ1) is 7.66. The average molecular weight is 298 g/mol. The molecule has 2 aromatic heterocycles. The molecule has 2 N–H and O–H groups in total. The van der Waals surface area contributed by atoms with Gasteiger partial charge >= 0.3 is 0 Å². The highest BCUT2D eigenvalue weighted by atomic mass is 79.9. The van der Waals surface area contributed by atoms with Crippen molar-refractivity contribution in [3.05, 3.63) is 28.8 Å². The molecule has 2 aromatic rings. The Hall–Kier alpha value is -1.21. The molecule has 0 fully saturated rings. The van der Waals surface area contributed by atoms with Gasteiger partial charge in [0.15, 0.2) is 5.16 Å². The van der Waals surface area contributed by atoms with Gasteiger partial charge in [-0.05, 0) is 40.2 Å². The smallest absolute Gasteiger partial charge is 0.193 e. The molecule has 0 saturated heterocycles. The molecule has 0 aliphatic rings. The van der Waals surface area contributed by atoms with Gasteiger partial charge in [0.25, 0.3) is 0 Å². The molecule has 0 amide bonds. The van der Waals surface area contributed by atoms with Crippen LogP contribution in [0.25, 0.3) is 0 Å². The molecule has 0 saturated carbocycles. The summed E-state index contributed by atoms with van der Waals surface area (Å²) in [6.45, 7) is 1.94. The Labute approximate surface area is 105 Å². The number of anilines is 1. The zero-order valence-corrected chi connectivity index (χ0v) is 10.8. The highest BCUT2D eigenvalue weighted by Gasteiger charge is 2.09. The summed E-state index contributed by atoms with van der Waals surface area (Å²) in [6, 6.07) is 0. The lowest BCUT2D eigenvalue weighted by Gasteiger charge is -2.03. The molecule has 0 atom stereocenters. The summed E-state index contributed by atoms with van der Waals surface area (Å²) in [4.78, 5) is 16.3. The van der Waals surface area contributed by atoms with Gasteiger partial charge in [-0.1, -0.05) is 0 Å². The van der Waals surface area contributed by atoms with E-state index in [4.69, 9.17) is 5.73 Å². The summed E-state index contributed by atoms with van der Waals surface area (Å²) < 4.78 is 0.671. The van der Waals surface area contributed by atoms with E-state index in [1.54, 1.807) is 12.4 Å². The van der Waals surface area contributed by atoms with E-state index in [1.165, 1.54) is 18.1 Å². The quantitative estimate of drug-likeness (QED) is 0.675. The molecule has 7 heteroatoms. The first kappa shape index (κ1) is 11.3. The van der Waals surface area contributed by atoms with Crippen molar-refractivity contribution in [3.63, 3.8) is 0 Å². The van der Waals surface area contributed by atoms with Crippen molar-refractivity contribution in [2.75, 3.05) is 5.73 Å². The minimum absolute atomic E-state index is 0.407. The van der Waals surface area contributed by atoms with Gasteiger partial charge in [-0.3, -0.25) is 0 Å². The van der Waals surface area contributed by atoms with Gasteiger partial charge < -0.3 is 5.73 Å². The van der Waals surface area contributed by atoms with Crippen LogP contribution in [0.1, 0.15) is 5.56 Å². The summed E-state index contributed by atoms with van der Waals surface area (Å²) in [5, 5.41) is 1.33. The van der Waals surface area contributed by atoms with Gasteiger partial charge in [-0.25, -0.2) is 19.9 Å². The number of nitrogens with two attached hydrogens (primary N) is 1. The van der Waals surface area contributed by atoms with E-state index >= 15 is 0 Å². The molecule has 0 unspecified atom stereocenters. The maximum atomic E-state index is 5.65. The molecule has 82 valence electrons. The lowest BCUT2D eigenvalue weighted by molar-refractivity contribution is 0.939. The van der Waals surface area contributed by atoms with E-state index in [1.807, 2.05) is 6.92 Å². The van der Waals surface area contributed by atoms with Crippen molar-refractivity contribution in [1.82, 2.24) is 19.9 Å². The third-order valence-corrected chi connectivity index (χ3v) is 3.67. The van der Waals surface area contributed by atoms with Gasteiger partial charge in [0.2, 0.25) is 0 Å². The number of aromatic nitrogens is 4. The van der Waals surface area contributed by atoms with Gasteiger partial charge in [-0.2, -0.15) is 0 Å². The highest BCUT2D eigenvalue weighted by Crippen LogP contribution is 2.31. The van der Waals surface area contributed by atoms with Crippen molar-refractivity contribution in [3.8, 4) is 0 Å². The molecule has 0 bridgehead atoms. The first-order valence-electron chi connectivity index (χ1n) is 4.39. The van der Waals surface area contributed by atoms with Gasteiger partial charge in [0, 0.05) is 12.4 Å². The SMILES string of the molecule is Cc1cnc(Sc2ncnc(N)c2Br)nc1. The largest absolute Gasteiger partial charge is 0.383 e. The van der Waals surface area contributed by atoms with Crippen molar-refractivity contribution >= 4 is 33.5 Å². The number of nitrogens with zero attached hydrogens (tertiary/aromatic N) is 4. The van der Waals surface area contributed by atoms with Gasteiger partial charge in [0.1, 0.15) is 17.2 Å². The summed E-state index contributed by atoms with van der Waals surface area (Å²) in [6.07, 6.45) is 4.93. The summed E-state index contributed by atoms with van der Waals surface area (Å²) in [5.74, 6) is 0.407. The van der Waals surface area contributed by atoms with Crippen LogP contribution in [0, 0.1) is 6.92 Å². The second-order valence-electron chi connectivity index (χ2n) is 3.02. The second kappa shape index (κ2) is 4.75. The average Bonchev–Trinajstić information content (AvgIpc) is 2.28. The normalized spacial score (nSPS) is 10.4. The minimum atomic E-state index is 0.407. The Kier molecular flexibility index (Phi) is 3.35. The van der Waals surface area contributed by atoms with Crippen LogP contribution in [0.3, 0.4) is 0 Å². The predicted molar refractivity (Wildman–Crippen MR) is 65.0 cm³/mol. The predicted octanol–water partition coefficient (Wildman–Crippen LogP) is 2.07. The van der Waals surface area contributed by atoms with Crippen LogP contribution in [0.5, 0.6) is 0 Å². The topological polar surface area (TPSA) is 77.6 Å². The summed E-state index contributed by atoms with van der Waals surface area (Å²) >= 11 is 4.66. The van der Waals surface area contributed by atoms with Crippen LogP contribution in [-0.4, -0.2) is 19.9 Å². The Morgan fingerprint density at radius 3 is 2.56 bits per heavy atom. The third kappa shape index (κ3) is 2.48. The fraction of sp³-hybridized carbons (Fsp3) is 0.111. The van der Waals surface area contributed by atoms with Crippen molar-refractivity contribution in [2.24, 2.45) is 0 Å². The molecule has 0 aliphatic heterocycles. The number of rotatable bonds is 2. The van der Waals surface area contributed by atoms with Crippen LogP contribution in [-0.2, 0) is 0 Å². The Morgan fingerprint density at radius 2 is 1.88 bits per heavy atom. The summed E-state index contributed by atoms with van der Waals surface area (Å²) in [7, 11) is 0. The molecular formula is C9H8BrN5S. The van der Waals surface area contributed by atoms with Crippen LogP contribution in [0.4, 0.5) is 5.82 Å². The van der Waals surface area contributed by atoms with Crippen LogP contribution in [0.2, 0.25) is 0 Å².